The van der Waals surface area contributed by atoms with Gasteiger partial charge in [0.25, 0.3) is 0 Å². The summed E-state index contributed by atoms with van der Waals surface area (Å²) in [7, 11) is 0. The maximum atomic E-state index is 12.2. The fourth-order valence-corrected chi connectivity index (χ4v) is 3.34. The van der Waals surface area contributed by atoms with Crippen molar-refractivity contribution in [3.8, 4) is 0 Å². The second-order valence-electron chi connectivity index (χ2n) is 6.52. The van der Waals surface area contributed by atoms with Gasteiger partial charge in [-0.05, 0) is 24.5 Å². The molecule has 3 rings (SSSR count). The first-order valence-corrected chi connectivity index (χ1v) is 9.11. The fraction of sp³-hybridized carbons (Fsp3) is 0.421. The molecule has 1 aromatic carbocycles. The average Bonchev–Trinajstić information content (AvgIpc) is 3.10. The van der Waals surface area contributed by atoms with Crippen molar-refractivity contribution < 1.29 is 14.0 Å². The molecule has 1 fully saturated rings. The standard InChI is InChI=1S/C19H22ClN3O3/c1-13(24)21-11-18(25)23-8-4-6-15(12-23)19-22-10-16(26-19)9-14-5-2-3-7-17(14)20/h2-3,5,7,10,15H,4,6,8-9,11-12H2,1H3,(H,21,24). The van der Waals surface area contributed by atoms with Crippen LogP contribution in [0.2, 0.25) is 5.02 Å². The molecule has 1 aromatic heterocycles. The van der Waals surface area contributed by atoms with Crippen LogP contribution in [0.4, 0.5) is 0 Å². The minimum Gasteiger partial charge on any atom is -0.445 e. The molecule has 0 bridgehead atoms. The van der Waals surface area contributed by atoms with Gasteiger partial charge in [-0.15, -0.1) is 0 Å². The third kappa shape index (κ3) is 4.64. The zero-order valence-electron chi connectivity index (χ0n) is 14.7. The minimum atomic E-state index is -0.205. The molecule has 2 heterocycles. The molecule has 26 heavy (non-hydrogen) atoms. The first-order chi connectivity index (χ1) is 12.5. The monoisotopic (exact) mass is 375 g/mol. The second kappa shape index (κ2) is 8.36. The molecule has 0 saturated carbocycles. The highest BCUT2D eigenvalue weighted by Gasteiger charge is 2.27. The van der Waals surface area contributed by atoms with Crippen LogP contribution in [0.15, 0.2) is 34.9 Å². The SMILES string of the molecule is CC(=O)NCC(=O)N1CCCC(c2ncc(Cc3ccccc3Cl)o2)C1. The lowest BCUT2D eigenvalue weighted by Gasteiger charge is -2.31. The number of piperidine rings is 1. The molecule has 2 amide bonds. The molecule has 1 unspecified atom stereocenters. The quantitative estimate of drug-likeness (QED) is 0.871. The summed E-state index contributed by atoms with van der Waals surface area (Å²) in [6.07, 6.45) is 4.13. The Labute approximate surface area is 157 Å². The van der Waals surface area contributed by atoms with Crippen LogP contribution < -0.4 is 5.32 Å². The van der Waals surface area contributed by atoms with E-state index in [9.17, 15) is 9.59 Å². The van der Waals surface area contributed by atoms with Crippen LogP contribution in [0.1, 0.15) is 42.9 Å². The lowest BCUT2D eigenvalue weighted by atomic mass is 9.98. The molecule has 0 radical (unpaired) electrons. The number of rotatable bonds is 5. The molecule has 0 spiro atoms. The van der Waals surface area contributed by atoms with Crippen LogP contribution in [-0.4, -0.2) is 41.3 Å². The molecule has 1 aliphatic rings. The van der Waals surface area contributed by atoms with E-state index < -0.39 is 0 Å². The van der Waals surface area contributed by atoms with E-state index in [1.165, 1.54) is 6.92 Å². The van der Waals surface area contributed by atoms with Gasteiger partial charge < -0.3 is 14.6 Å². The van der Waals surface area contributed by atoms with Crippen LogP contribution in [0.5, 0.6) is 0 Å². The predicted octanol–water partition coefficient (Wildman–Crippen LogP) is 2.76. The number of oxazole rings is 1. The molecule has 138 valence electrons. The van der Waals surface area contributed by atoms with E-state index in [1.54, 1.807) is 11.1 Å². The maximum Gasteiger partial charge on any atom is 0.241 e. The topological polar surface area (TPSA) is 75.4 Å². The maximum absolute atomic E-state index is 12.2. The molecule has 2 aromatic rings. The Morgan fingerprint density at radius 2 is 2.19 bits per heavy atom. The number of nitrogens with one attached hydrogen (secondary N) is 1. The average molecular weight is 376 g/mol. The number of nitrogens with zero attached hydrogens (tertiary/aromatic N) is 2. The Balaban J connectivity index is 1.62. The third-order valence-electron chi connectivity index (χ3n) is 4.51. The highest BCUT2D eigenvalue weighted by molar-refractivity contribution is 6.31. The van der Waals surface area contributed by atoms with Crippen molar-refractivity contribution in [2.45, 2.75) is 32.1 Å². The van der Waals surface area contributed by atoms with Gasteiger partial charge in [-0.2, -0.15) is 0 Å². The van der Waals surface area contributed by atoms with Gasteiger partial charge in [0, 0.05) is 31.5 Å². The van der Waals surface area contributed by atoms with Crippen molar-refractivity contribution in [3.05, 3.63) is 52.7 Å². The predicted molar refractivity (Wildman–Crippen MR) is 98.0 cm³/mol. The second-order valence-corrected chi connectivity index (χ2v) is 6.93. The van der Waals surface area contributed by atoms with Crippen molar-refractivity contribution in [2.24, 2.45) is 0 Å². The van der Waals surface area contributed by atoms with Crippen LogP contribution in [0.3, 0.4) is 0 Å². The first kappa shape index (κ1) is 18.5. The smallest absolute Gasteiger partial charge is 0.241 e. The van der Waals surface area contributed by atoms with Gasteiger partial charge in [0.2, 0.25) is 11.8 Å². The first-order valence-electron chi connectivity index (χ1n) is 8.73. The number of carbonyl (C=O) groups excluding carboxylic acids is 2. The highest BCUT2D eigenvalue weighted by atomic mass is 35.5. The number of carbonyl (C=O) groups is 2. The third-order valence-corrected chi connectivity index (χ3v) is 4.87. The van der Waals surface area contributed by atoms with Gasteiger partial charge in [0.15, 0.2) is 5.89 Å². The van der Waals surface area contributed by atoms with Crippen LogP contribution in [-0.2, 0) is 16.0 Å². The number of benzene rings is 1. The Bertz CT molecular complexity index is 790. The van der Waals surface area contributed by atoms with Crippen molar-refractivity contribution in [1.29, 1.82) is 0 Å². The van der Waals surface area contributed by atoms with Crippen LogP contribution >= 0.6 is 11.6 Å². The van der Waals surface area contributed by atoms with E-state index in [4.69, 9.17) is 16.0 Å². The summed E-state index contributed by atoms with van der Waals surface area (Å²) < 4.78 is 5.93. The van der Waals surface area contributed by atoms with Gasteiger partial charge in [0.05, 0.1) is 18.7 Å². The lowest BCUT2D eigenvalue weighted by Crippen LogP contribution is -2.44. The summed E-state index contributed by atoms with van der Waals surface area (Å²) in [6, 6.07) is 7.66. The number of halogens is 1. The van der Waals surface area contributed by atoms with Gasteiger partial charge >= 0.3 is 0 Å². The molecule has 6 nitrogen and oxygen atoms in total. The molecule has 1 atom stereocenters. The van der Waals surface area contributed by atoms with E-state index in [2.05, 4.69) is 10.3 Å². The Morgan fingerprint density at radius 1 is 1.38 bits per heavy atom. The molecule has 1 aliphatic heterocycles. The van der Waals surface area contributed by atoms with Crippen molar-refractivity contribution in [3.63, 3.8) is 0 Å². The van der Waals surface area contributed by atoms with E-state index in [-0.39, 0.29) is 24.3 Å². The normalized spacial score (nSPS) is 17.2. The van der Waals surface area contributed by atoms with Crippen LogP contribution in [0.25, 0.3) is 0 Å². The van der Waals surface area contributed by atoms with E-state index in [0.717, 1.165) is 24.2 Å². The van der Waals surface area contributed by atoms with Crippen molar-refractivity contribution in [1.82, 2.24) is 15.2 Å². The number of hydrogen-bond acceptors (Lipinski definition) is 4. The molecular weight excluding hydrogens is 354 g/mol. The largest absolute Gasteiger partial charge is 0.445 e. The van der Waals surface area contributed by atoms with Crippen molar-refractivity contribution >= 4 is 23.4 Å². The van der Waals surface area contributed by atoms with Gasteiger partial charge in [0.1, 0.15) is 5.76 Å². The summed E-state index contributed by atoms with van der Waals surface area (Å²) in [5.74, 6) is 1.21. The highest BCUT2D eigenvalue weighted by Crippen LogP contribution is 2.28. The van der Waals surface area contributed by atoms with Gasteiger partial charge in [-0.25, -0.2) is 4.98 Å². The number of likely N-dealkylation sites (tertiary alicyclic amines) is 1. The van der Waals surface area contributed by atoms with Crippen molar-refractivity contribution in [2.75, 3.05) is 19.6 Å². The van der Waals surface area contributed by atoms with Gasteiger partial charge in [-0.3, -0.25) is 9.59 Å². The Hall–Kier alpha value is -2.34. The minimum absolute atomic E-state index is 0.0331. The molecule has 0 aliphatic carbocycles. The van der Waals surface area contributed by atoms with E-state index in [0.29, 0.717) is 30.4 Å². The number of hydrogen-bond donors (Lipinski definition) is 1. The van der Waals surface area contributed by atoms with E-state index in [1.807, 2.05) is 24.3 Å². The summed E-state index contributed by atoms with van der Waals surface area (Å²) in [5.41, 5.74) is 0.993. The zero-order valence-corrected chi connectivity index (χ0v) is 15.5. The number of amides is 2. The Kier molecular flexibility index (Phi) is 5.93. The van der Waals surface area contributed by atoms with E-state index >= 15 is 0 Å². The summed E-state index contributed by atoms with van der Waals surface area (Å²) >= 11 is 6.20. The molecule has 1 N–H and O–H groups in total. The van der Waals surface area contributed by atoms with Crippen LogP contribution in [0, 0.1) is 0 Å². The lowest BCUT2D eigenvalue weighted by molar-refractivity contribution is -0.133. The molecule has 7 heteroatoms. The summed E-state index contributed by atoms with van der Waals surface area (Å²) in [6.45, 7) is 2.69. The fourth-order valence-electron chi connectivity index (χ4n) is 3.14. The Morgan fingerprint density at radius 3 is 2.96 bits per heavy atom. The van der Waals surface area contributed by atoms with Gasteiger partial charge in [-0.1, -0.05) is 29.8 Å². The zero-order chi connectivity index (χ0) is 18.5. The molecular formula is C19H22ClN3O3. The molecule has 1 saturated heterocycles. The summed E-state index contributed by atoms with van der Waals surface area (Å²) in [4.78, 5) is 29.4. The summed E-state index contributed by atoms with van der Waals surface area (Å²) in [5, 5.41) is 3.26. The number of aromatic nitrogens is 1.